The molecule has 0 N–H and O–H groups in total. The molecule has 2 heterocycles. The molecule has 2 aliphatic rings. The van der Waals surface area contributed by atoms with Crippen LogP contribution in [-0.4, -0.2) is 63.1 Å². The zero-order valence-corrected chi connectivity index (χ0v) is 14.9. The van der Waals surface area contributed by atoms with Gasteiger partial charge in [-0.3, -0.25) is 4.90 Å². The Morgan fingerprint density at radius 1 is 1.18 bits per heavy atom. The van der Waals surface area contributed by atoms with E-state index in [1.165, 1.54) is 0 Å². The molecule has 1 aromatic rings. The van der Waals surface area contributed by atoms with Crippen molar-refractivity contribution >= 4 is 26.0 Å². The molecular weight excluding hydrogens is 368 g/mol. The van der Waals surface area contributed by atoms with E-state index in [1.807, 2.05) is 6.07 Å². The summed E-state index contributed by atoms with van der Waals surface area (Å²) in [5.41, 5.74) is 0. The molecule has 3 rings (SSSR count). The Bertz CT molecular complexity index is 609. The number of sulfonamides is 1. The van der Waals surface area contributed by atoms with Gasteiger partial charge in [0.15, 0.2) is 0 Å². The second-order valence-corrected chi connectivity index (χ2v) is 8.53. The Kier molecular flexibility index (Phi) is 5.19. The molecule has 0 unspecified atom stereocenters. The molecule has 2 aliphatic heterocycles. The van der Waals surface area contributed by atoms with E-state index < -0.39 is 10.0 Å². The summed E-state index contributed by atoms with van der Waals surface area (Å²) in [5, 5.41) is 0. The lowest BCUT2D eigenvalue weighted by atomic mass is 10.2. The van der Waals surface area contributed by atoms with Gasteiger partial charge in [-0.1, -0.05) is 12.1 Å². The van der Waals surface area contributed by atoms with Crippen LogP contribution in [0, 0.1) is 0 Å². The van der Waals surface area contributed by atoms with Gasteiger partial charge in [-0.2, -0.15) is 4.31 Å². The normalized spacial score (nSPS) is 24.7. The summed E-state index contributed by atoms with van der Waals surface area (Å²) in [6, 6.07) is 6.99. The van der Waals surface area contributed by atoms with Crippen molar-refractivity contribution in [3.63, 3.8) is 0 Å². The van der Waals surface area contributed by atoms with Crippen LogP contribution in [0.5, 0.6) is 0 Å². The highest BCUT2D eigenvalue weighted by Crippen LogP contribution is 2.25. The molecule has 0 saturated carbocycles. The number of ether oxygens (including phenoxy) is 1. The van der Waals surface area contributed by atoms with E-state index in [4.69, 9.17) is 4.74 Å². The van der Waals surface area contributed by atoms with Gasteiger partial charge in [-0.25, -0.2) is 8.42 Å². The third kappa shape index (κ3) is 3.54. The molecule has 0 spiro atoms. The summed E-state index contributed by atoms with van der Waals surface area (Å²) in [6.45, 7) is 4.39. The smallest absolute Gasteiger partial charge is 0.244 e. The molecule has 0 bridgehead atoms. The summed E-state index contributed by atoms with van der Waals surface area (Å²) in [7, 11) is -3.41. The van der Waals surface area contributed by atoms with Crippen molar-refractivity contribution in [3.8, 4) is 0 Å². The van der Waals surface area contributed by atoms with Gasteiger partial charge in [0.2, 0.25) is 10.0 Å². The van der Waals surface area contributed by atoms with Gasteiger partial charge in [-0.15, -0.1) is 0 Å². The Morgan fingerprint density at radius 3 is 2.55 bits per heavy atom. The fraction of sp³-hybridized carbons (Fsp3) is 0.600. The third-order valence-corrected chi connectivity index (χ3v) is 7.18. The maximum atomic E-state index is 12.7. The van der Waals surface area contributed by atoms with Crippen molar-refractivity contribution in [3.05, 3.63) is 28.7 Å². The van der Waals surface area contributed by atoms with Crippen molar-refractivity contribution in [1.82, 2.24) is 9.21 Å². The van der Waals surface area contributed by atoms with Crippen molar-refractivity contribution < 1.29 is 13.2 Å². The second-order valence-electron chi connectivity index (χ2n) is 5.77. The van der Waals surface area contributed by atoms with Crippen LogP contribution in [0.25, 0.3) is 0 Å². The van der Waals surface area contributed by atoms with E-state index in [0.29, 0.717) is 28.6 Å². The van der Waals surface area contributed by atoms with E-state index in [0.717, 1.165) is 39.1 Å². The van der Waals surface area contributed by atoms with Crippen LogP contribution in [-0.2, 0) is 14.8 Å². The van der Waals surface area contributed by atoms with Crippen LogP contribution in [0.15, 0.2) is 33.6 Å². The number of benzene rings is 1. The van der Waals surface area contributed by atoms with Crippen LogP contribution in [0.1, 0.15) is 12.8 Å². The summed E-state index contributed by atoms with van der Waals surface area (Å²) in [6.07, 6.45) is 2.59. The van der Waals surface area contributed by atoms with Gasteiger partial charge in [0.1, 0.15) is 0 Å². The predicted molar refractivity (Wildman–Crippen MR) is 88.3 cm³/mol. The molecule has 1 atom stereocenters. The van der Waals surface area contributed by atoms with Crippen LogP contribution < -0.4 is 0 Å². The molecule has 5 nitrogen and oxygen atoms in total. The molecule has 1 aromatic carbocycles. The van der Waals surface area contributed by atoms with Gasteiger partial charge in [0.25, 0.3) is 0 Å². The largest absolute Gasteiger partial charge is 0.377 e. The number of nitrogens with zero attached hydrogens (tertiary/aromatic N) is 2. The fourth-order valence-electron chi connectivity index (χ4n) is 3.02. The highest BCUT2D eigenvalue weighted by atomic mass is 79.9. The van der Waals surface area contributed by atoms with E-state index in [2.05, 4.69) is 20.8 Å². The number of halogens is 1. The number of hydrogen-bond acceptors (Lipinski definition) is 4. The first-order valence-corrected chi connectivity index (χ1v) is 9.89. The third-order valence-electron chi connectivity index (χ3n) is 4.27. The molecule has 2 fully saturated rings. The lowest BCUT2D eigenvalue weighted by molar-refractivity contribution is 0.0617. The first-order chi connectivity index (χ1) is 10.6. The van der Waals surface area contributed by atoms with Crippen molar-refractivity contribution in [2.24, 2.45) is 0 Å². The summed E-state index contributed by atoms with van der Waals surface area (Å²) >= 11 is 3.34. The standard InChI is InChI=1S/C15H21BrN2O3S/c16-14-5-1-2-6-15(14)22(19,20)18-9-7-17(8-10-18)12-13-4-3-11-21-13/h1-2,5-6,13H,3-4,7-12H2/t13-/m1/s1. The van der Waals surface area contributed by atoms with E-state index in [1.54, 1.807) is 22.5 Å². The van der Waals surface area contributed by atoms with Crippen LogP contribution >= 0.6 is 15.9 Å². The van der Waals surface area contributed by atoms with Gasteiger partial charge in [-0.05, 0) is 40.9 Å². The lowest BCUT2D eigenvalue weighted by Gasteiger charge is -2.35. The minimum absolute atomic E-state index is 0.325. The molecule has 2 saturated heterocycles. The Labute approximate surface area is 140 Å². The van der Waals surface area contributed by atoms with E-state index in [-0.39, 0.29) is 0 Å². The number of hydrogen-bond donors (Lipinski definition) is 0. The highest BCUT2D eigenvalue weighted by molar-refractivity contribution is 9.10. The van der Waals surface area contributed by atoms with Crippen molar-refractivity contribution in [2.45, 2.75) is 23.8 Å². The Morgan fingerprint density at radius 2 is 1.91 bits per heavy atom. The first-order valence-electron chi connectivity index (χ1n) is 7.66. The van der Waals surface area contributed by atoms with Crippen molar-refractivity contribution in [2.75, 3.05) is 39.3 Å². The van der Waals surface area contributed by atoms with Crippen molar-refractivity contribution in [1.29, 1.82) is 0 Å². The molecule has 0 aliphatic carbocycles. The SMILES string of the molecule is O=S(=O)(c1ccccc1Br)N1CCN(C[C@H]2CCCO2)CC1. The lowest BCUT2D eigenvalue weighted by Crippen LogP contribution is -2.50. The Hall–Kier alpha value is -0.470. The minimum Gasteiger partial charge on any atom is -0.377 e. The van der Waals surface area contributed by atoms with E-state index >= 15 is 0 Å². The average Bonchev–Trinajstić information content (AvgIpc) is 3.01. The maximum absolute atomic E-state index is 12.7. The van der Waals surface area contributed by atoms with Gasteiger partial charge >= 0.3 is 0 Å². The zero-order valence-electron chi connectivity index (χ0n) is 12.4. The number of rotatable bonds is 4. The molecule has 22 heavy (non-hydrogen) atoms. The molecule has 7 heteroatoms. The monoisotopic (exact) mass is 388 g/mol. The van der Waals surface area contributed by atoms with Crippen LogP contribution in [0.4, 0.5) is 0 Å². The summed E-state index contributed by atoms with van der Waals surface area (Å²) in [4.78, 5) is 2.66. The summed E-state index contributed by atoms with van der Waals surface area (Å²) < 4.78 is 33.3. The average molecular weight is 389 g/mol. The molecule has 0 aromatic heterocycles. The van der Waals surface area contributed by atoms with Gasteiger partial charge in [0, 0.05) is 43.8 Å². The topological polar surface area (TPSA) is 49.9 Å². The zero-order chi connectivity index (χ0) is 15.6. The van der Waals surface area contributed by atoms with Gasteiger partial charge < -0.3 is 4.74 Å². The quantitative estimate of drug-likeness (QED) is 0.790. The predicted octanol–water partition coefficient (Wildman–Crippen LogP) is 1.93. The maximum Gasteiger partial charge on any atom is 0.244 e. The molecule has 122 valence electrons. The summed E-state index contributed by atoms with van der Waals surface area (Å²) in [5.74, 6) is 0. The van der Waals surface area contributed by atoms with E-state index in [9.17, 15) is 8.42 Å². The Balaban J connectivity index is 1.62. The molecular formula is C15H21BrN2O3S. The second kappa shape index (κ2) is 6.97. The van der Waals surface area contributed by atoms with Gasteiger partial charge in [0.05, 0.1) is 11.0 Å². The van der Waals surface area contributed by atoms with Crippen LogP contribution in [0.2, 0.25) is 0 Å². The molecule has 0 radical (unpaired) electrons. The first kappa shape index (κ1) is 16.4. The fourth-order valence-corrected chi connectivity index (χ4v) is 5.41. The minimum atomic E-state index is -3.41. The number of piperazine rings is 1. The van der Waals surface area contributed by atoms with Crippen LogP contribution in [0.3, 0.4) is 0 Å². The molecule has 0 amide bonds. The highest BCUT2D eigenvalue weighted by Gasteiger charge is 2.30.